The molecule has 0 spiro atoms. The highest BCUT2D eigenvalue weighted by Crippen LogP contribution is 2.14. The van der Waals surface area contributed by atoms with Crippen molar-refractivity contribution in [1.82, 2.24) is 5.32 Å². The van der Waals surface area contributed by atoms with Crippen LogP contribution in [0.15, 0.2) is 18.2 Å². The highest BCUT2D eigenvalue weighted by atomic mass is 16.5. The molecule has 94 valence electrons. The summed E-state index contributed by atoms with van der Waals surface area (Å²) in [6, 6.07) is 7.74. The van der Waals surface area contributed by atoms with Gasteiger partial charge in [0.15, 0.2) is 0 Å². The van der Waals surface area contributed by atoms with E-state index < -0.39 is 0 Å². The van der Waals surface area contributed by atoms with Gasteiger partial charge in [-0.3, -0.25) is 0 Å². The topological polar surface area (TPSA) is 21.3 Å². The summed E-state index contributed by atoms with van der Waals surface area (Å²) in [5, 5.41) is 3.59. The zero-order valence-corrected chi connectivity index (χ0v) is 11.1. The van der Waals surface area contributed by atoms with Crippen molar-refractivity contribution in [3.8, 4) is 0 Å². The third-order valence-corrected chi connectivity index (χ3v) is 3.47. The lowest BCUT2D eigenvalue weighted by molar-refractivity contribution is 0.0483. The summed E-state index contributed by atoms with van der Waals surface area (Å²) < 4.78 is 5.57. The summed E-state index contributed by atoms with van der Waals surface area (Å²) in [6.45, 7) is 8.24. The molecule has 0 radical (unpaired) electrons. The molecule has 2 atom stereocenters. The van der Waals surface area contributed by atoms with Crippen LogP contribution in [-0.2, 0) is 11.2 Å². The highest BCUT2D eigenvalue weighted by Gasteiger charge is 2.17. The maximum atomic E-state index is 5.57. The molecule has 0 aliphatic carbocycles. The smallest absolute Gasteiger partial charge is 0.0620 e. The number of benzene rings is 1. The van der Waals surface area contributed by atoms with Gasteiger partial charge in [0.1, 0.15) is 0 Å². The molecule has 0 bridgehead atoms. The minimum atomic E-state index is 0.493. The maximum Gasteiger partial charge on any atom is 0.0620 e. The fourth-order valence-electron chi connectivity index (χ4n) is 2.51. The number of rotatable bonds is 3. The van der Waals surface area contributed by atoms with Crippen LogP contribution in [0.5, 0.6) is 0 Å². The average molecular weight is 233 g/mol. The quantitative estimate of drug-likeness (QED) is 0.866. The molecule has 1 aliphatic rings. The molecule has 1 fully saturated rings. The van der Waals surface area contributed by atoms with E-state index in [9.17, 15) is 0 Å². The molecular weight excluding hydrogens is 210 g/mol. The Balaban J connectivity index is 1.88. The molecule has 17 heavy (non-hydrogen) atoms. The third-order valence-electron chi connectivity index (χ3n) is 3.47. The number of hydrogen-bond donors (Lipinski definition) is 1. The van der Waals surface area contributed by atoms with Gasteiger partial charge in [-0.1, -0.05) is 23.8 Å². The van der Waals surface area contributed by atoms with Gasteiger partial charge in [0, 0.05) is 12.1 Å². The molecule has 2 unspecified atom stereocenters. The van der Waals surface area contributed by atoms with Crippen LogP contribution < -0.4 is 5.32 Å². The van der Waals surface area contributed by atoms with E-state index in [0.29, 0.717) is 12.1 Å². The van der Waals surface area contributed by atoms with Gasteiger partial charge in [0.05, 0.1) is 13.2 Å². The zero-order valence-electron chi connectivity index (χ0n) is 11.1. The van der Waals surface area contributed by atoms with Crippen LogP contribution in [0.4, 0.5) is 0 Å². The largest absolute Gasteiger partial charge is 0.378 e. The highest BCUT2D eigenvalue weighted by molar-refractivity contribution is 5.30. The first-order chi connectivity index (χ1) is 8.15. The number of ether oxygens (including phenoxy) is 1. The number of aryl methyl sites for hydroxylation is 3. The van der Waals surface area contributed by atoms with E-state index in [0.717, 1.165) is 26.1 Å². The van der Waals surface area contributed by atoms with E-state index in [2.05, 4.69) is 44.3 Å². The van der Waals surface area contributed by atoms with Gasteiger partial charge in [-0.25, -0.2) is 0 Å². The van der Waals surface area contributed by atoms with Gasteiger partial charge < -0.3 is 10.1 Å². The van der Waals surface area contributed by atoms with Gasteiger partial charge in [-0.05, 0) is 44.7 Å². The molecule has 1 aromatic rings. The van der Waals surface area contributed by atoms with Crippen LogP contribution in [0.25, 0.3) is 0 Å². The van der Waals surface area contributed by atoms with Crippen molar-refractivity contribution in [1.29, 1.82) is 0 Å². The summed E-state index contributed by atoms with van der Waals surface area (Å²) in [7, 11) is 0. The molecule has 1 aliphatic heterocycles. The van der Waals surface area contributed by atoms with Gasteiger partial charge in [-0.15, -0.1) is 0 Å². The maximum absolute atomic E-state index is 5.57. The summed E-state index contributed by atoms with van der Waals surface area (Å²) in [4.78, 5) is 0. The first-order valence-corrected chi connectivity index (χ1v) is 6.55. The van der Waals surface area contributed by atoms with E-state index in [1.807, 2.05) is 0 Å². The van der Waals surface area contributed by atoms with E-state index >= 15 is 0 Å². The molecule has 2 rings (SSSR count). The first kappa shape index (κ1) is 12.6. The summed E-state index contributed by atoms with van der Waals surface area (Å²) in [6.07, 6.45) is 2.30. The Morgan fingerprint density at radius 1 is 1.29 bits per heavy atom. The van der Waals surface area contributed by atoms with Crippen molar-refractivity contribution in [2.45, 2.75) is 45.7 Å². The van der Waals surface area contributed by atoms with Crippen molar-refractivity contribution >= 4 is 0 Å². The second-order valence-electron chi connectivity index (χ2n) is 5.27. The predicted molar refractivity (Wildman–Crippen MR) is 71.4 cm³/mol. The molecule has 0 amide bonds. The second-order valence-corrected chi connectivity index (χ2v) is 5.27. The Kier molecular flexibility index (Phi) is 4.19. The standard InChI is InChI=1S/C15H23NO/c1-11-4-5-14(12(2)8-11)6-7-15-10-17-9-13(3)16-15/h4-5,8,13,15-16H,6-7,9-10H2,1-3H3. The Morgan fingerprint density at radius 3 is 2.82 bits per heavy atom. The van der Waals surface area contributed by atoms with Crippen LogP contribution in [0.1, 0.15) is 30.0 Å². The Labute approximate surface area is 104 Å². The molecule has 0 aromatic heterocycles. The fourth-order valence-corrected chi connectivity index (χ4v) is 2.51. The normalized spacial score (nSPS) is 24.9. The summed E-state index contributed by atoms with van der Waals surface area (Å²) >= 11 is 0. The second kappa shape index (κ2) is 5.65. The van der Waals surface area contributed by atoms with Crippen LogP contribution >= 0.6 is 0 Å². The number of hydrogen-bond acceptors (Lipinski definition) is 2. The zero-order chi connectivity index (χ0) is 12.3. The van der Waals surface area contributed by atoms with Crippen molar-refractivity contribution < 1.29 is 4.74 Å². The van der Waals surface area contributed by atoms with Crippen LogP contribution in [0.3, 0.4) is 0 Å². The molecule has 1 saturated heterocycles. The van der Waals surface area contributed by atoms with Gasteiger partial charge in [-0.2, -0.15) is 0 Å². The molecule has 2 heteroatoms. The SMILES string of the molecule is Cc1ccc(CCC2COCC(C)N2)c(C)c1. The van der Waals surface area contributed by atoms with Crippen LogP contribution in [0.2, 0.25) is 0 Å². The lowest BCUT2D eigenvalue weighted by atomic mass is 9.99. The predicted octanol–water partition coefficient (Wildman–Crippen LogP) is 2.61. The van der Waals surface area contributed by atoms with Crippen LogP contribution in [-0.4, -0.2) is 25.3 Å². The third kappa shape index (κ3) is 3.55. The Hall–Kier alpha value is -0.860. The number of morpholine rings is 1. The molecule has 1 heterocycles. The van der Waals surface area contributed by atoms with Gasteiger partial charge in [0.25, 0.3) is 0 Å². The molecule has 1 aromatic carbocycles. The summed E-state index contributed by atoms with van der Waals surface area (Å²) in [5.74, 6) is 0. The Morgan fingerprint density at radius 2 is 2.12 bits per heavy atom. The summed E-state index contributed by atoms with van der Waals surface area (Å²) in [5.41, 5.74) is 4.23. The lowest BCUT2D eigenvalue weighted by Crippen LogP contribution is -2.47. The van der Waals surface area contributed by atoms with Crippen molar-refractivity contribution in [2.24, 2.45) is 0 Å². The lowest BCUT2D eigenvalue weighted by Gasteiger charge is -2.29. The minimum absolute atomic E-state index is 0.493. The molecule has 1 N–H and O–H groups in total. The molecular formula is C15H23NO. The van der Waals surface area contributed by atoms with Crippen molar-refractivity contribution in [2.75, 3.05) is 13.2 Å². The number of nitrogens with one attached hydrogen (secondary N) is 1. The molecule has 2 nitrogen and oxygen atoms in total. The van der Waals surface area contributed by atoms with Crippen molar-refractivity contribution in [3.05, 3.63) is 34.9 Å². The van der Waals surface area contributed by atoms with Gasteiger partial charge >= 0.3 is 0 Å². The van der Waals surface area contributed by atoms with E-state index in [1.54, 1.807) is 0 Å². The van der Waals surface area contributed by atoms with Gasteiger partial charge in [0.2, 0.25) is 0 Å². The fraction of sp³-hybridized carbons (Fsp3) is 0.600. The Bertz CT molecular complexity index is 375. The first-order valence-electron chi connectivity index (χ1n) is 6.55. The van der Waals surface area contributed by atoms with Crippen molar-refractivity contribution in [3.63, 3.8) is 0 Å². The van der Waals surface area contributed by atoms with Crippen LogP contribution in [0, 0.1) is 13.8 Å². The average Bonchev–Trinajstić information content (AvgIpc) is 2.28. The monoisotopic (exact) mass is 233 g/mol. The van der Waals surface area contributed by atoms with E-state index in [-0.39, 0.29) is 0 Å². The van der Waals surface area contributed by atoms with E-state index in [4.69, 9.17) is 4.74 Å². The van der Waals surface area contributed by atoms with E-state index in [1.165, 1.54) is 16.7 Å². The molecule has 0 saturated carbocycles. The minimum Gasteiger partial charge on any atom is -0.378 e.